The zero-order chi connectivity index (χ0) is 17.6. The number of carbonyl (C=O) groups excluding carboxylic acids is 1. The standard InChI is InChI=1S/C15H15F3N2O3S/c16-15(17,18)13-4-3-10(8-19-13)14(22)20-9-11(23-6-5-21)12-2-1-7-24-12/h1-4,7-8,11,21H,5-6,9H2,(H,20,22). The van der Waals surface area contributed by atoms with Gasteiger partial charge in [-0.2, -0.15) is 13.2 Å². The Hall–Kier alpha value is -1.97. The molecule has 2 rings (SSSR count). The maximum Gasteiger partial charge on any atom is 0.433 e. The van der Waals surface area contributed by atoms with Crippen LogP contribution in [0.1, 0.15) is 27.0 Å². The number of rotatable bonds is 7. The van der Waals surface area contributed by atoms with Crippen LogP contribution in [0.2, 0.25) is 0 Å². The lowest BCUT2D eigenvalue weighted by Gasteiger charge is -2.17. The van der Waals surface area contributed by atoms with Gasteiger partial charge in [0, 0.05) is 17.6 Å². The summed E-state index contributed by atoms with van der Waals surface area (Å²) in [7, 11) is 0. The van der Waals surface area contributed by atoms with E-state index in [4.69, 9.17) is 9.84 Å². The van der Waals surface area contributed by atoms with Crippen LogP contribution in [0.4, 0.5) is 13.2 Å². The molecule has 2 aromatic heterocycles. The summed E-state index contributed by atoms with van der Waals surface area (Å²) in [6.45, 7) is 0.0826. The van der Waals surface area contributed by atoms with E-state index in [9.17, 15) is 18.0 Å². The quantitative estimate of drug-likeness (QED) is 0.796. The number of aromatic nitrogens is 1. The smallest absolute Gasteiger partial charge is 0.394 e. The van der Waals surface area contributed by atoms with Crippen molar-refractivity contribution in [1.82, 2.24) is 10.3 Å². The Balaban J connectivity index is 1.97. The van der Waals surface area contributed by atoms with Gasteiger partial charge in [-0.05, 0) is 23.6 Å². The predicted octanol–water partition coefficient (Wildman–Crippen LogP) is 2.64. The van der Waals surface area contributed by atoms with Crippen molar-refractivity contribution in [2.24, 2.45) is 0 Å². The van der Waals surface area contributed by atoms with E-state index in [1.54, 1.807) is 0 Å². The highest BCUT2D eigenvalue weighted by Gasteiger charge is 2.32. The van der Waals surface area contributed by atoms with E-state index in [1.165, 1.54) is 11.3 Å². The van der Waals surface area contributed by atoms with Crippen LogP contribution < -0.4 is 5.32 Å². The third-order valence-corrected chi connectivity index (χ3v) is 4.00. The van der Waals surface area contributed by atoms with Gasteiger partial charge in [-0.15, -0.1) is 11.3 Å². The molecule has 9 heteroatoms. The number of hydrogen-bond acceptors (Lipinski definition) is 5. The fourth-order valence-corrected chi connectivity index (χ4v) is 2.67. The average molecular weight is 360 g/mol. The predicted molar refractivity (Wildman–Crippen MR) is 81.7 cm³/mol. The molecule has 5 nitrogen and oxygen atoms in total. The molecule has 0 aliphatic heterocycles. The van der Waals surface area contributed by atoms with Gasteiger partial charge >= 0.3 is 6.18 Å². The Labute approximate surface area is 140 Å². The SMILES string of the molecule is O=C(NCC(OCCO)c1cccs1)c1ccc(C(F)(F)F)nc1. The molecular weight excluding hydrogens is 345 g/mol. The summed E-state index contributed by atoms with van der Waals surface area (Å²) in [6, 6.07) is 5.49. The minimum absolute atomic E-state index is 0.0232. The fraction of sp³-hybridized carbons (Fsp3) is 0.333. The maximum absolute atomic E-state index is 12.5. The molecule has 1 unspecified atom stereocenters. The zero-order valence-corrected chi connectivity index (χ0v) is 13.2. The molecular formula is C15H15F3N2O3S. The van der Waals surface area contributed by atoms with E-state index in [-0.39, 0.29) is 25.3 Å². The van der Waals surface area contributed by atoms with Crippen molar-refractivity contribution in [2.45, 2.75) is 12.3 Å². The van der Waals surface area contributed by atoms with Crippen LogP contribution in [0, 0.1) is 0 Å². The molecule has 0 radical (unpaired) electrons. The number of thiophene rings is 1. The molecule has 1 atom stereocenters. The van der Waals surface area contributed by atoms with E-state index >= 15 is 0 Å². The molecule has 2 N–H and O–H groups in total. The Morgan fingerprint density at radius 3 is 2.71 bits per heavy atom. The van der Waals surface area contributed by atoms with Crippen LogP contribution in [0.25, 0.3) is 0 Å². The van der Waals surface area contributed by atoms with Crippen molar-refractivity contribution < 1.29 is 27.8 Å². The molecule has 2 aromatic rings. The fourth-order valence-electron chi connectivity index (χ4n) is 1.89. The monoisotopic (exact) mass is 360 g/mol. The third-order valence-electron chi connectivity index (χ3n) is 3.03. The van der Waals surface area contributed by atoms with Gasteiger partial charge in [0.05, 0.1) is 18.8 Å². The largest absolute Gasteiger partial charge is 0.433 e. The number of hydrogen-bond donors (Lipinski definition) is 2. The van der Waals surface area contributed by atoms with Gasteiger partial charge in [0.2, 0.25) is 0 Å². The molecule has 0 aliphatic carbocycles. The summed E-state index contributed by atoms with van der Waals surface area (Å²) in [5.74, 6) is -0.551. The molecule has 0 saturated heterocycles. The molecule has 0 saturated carbocycles. The summed E-state index contributed by atoms with van der Waals surface area (Å²) in [6.07, 6.45) is -4.10. The first-order valence-electron chi connectivity index (χ1n) is 6.99. The molecule has 0 spiro atoms. The van der Waals surface area contributed by atoms with Gasteiger partial charge in [0.25, 0.3) is 5.91 Å². The van der Waals surface area contributed by atoms with E-state index in [2.05, 4.69) is 10.3 Å². The topological polar surface area (TPSA) is 71.5 Å². The first-order valence-corrected chi connectivity index (χ1v) is 7.87. The summed E-state index contributed by atoms with van der Waals surface area (Å²) in [5, 5.41) is 13.3. The first kappa shape index (κ1) is 18.4. The number of amides is 1. The van der Waals surface area contributed by atoms with Crippen LogP contribution in [0.15, 0.2) is 35.8 Å². The Morgan fingerprint density at radius 2 is 2.17 bits per heavy atom. The van der Waals surface area contributed by atoms with Gasteiger partial charge in [-0.1, -0.05) is 6.07 Å². The van der Waals surface area contributed by atoms with Crippen LogP contribution in [-0.2, 0) is 10.9 Å². The summed E-state index contributed by atoms with van der Waals surface area (Å²) < 4.78 is 42.8. The van der Waals surface area contributed by atoms with E-state index in [0.717, 1.165) is 23.2 Å². The van der Waals surface area contributed by atoms with E-state index in [1.807, 2.05) is 17.5 Å². The number of halogens is 3. The maximum atomic E-state index is 12.5. The lowest BCUT2D eigenvalue weighted by atomic mass is 10.2. The highest BCUT2D eigenvalue weighted by Crippen LogP contribution is 2.27. The van der Waals surface area contributed by atoms with Crippen molar-refractivity contribution in [2.75, 3.05) is 19.8 Å². The first-order chi connectivity index (χ1) is 11.4. The van der Waals surface area contributed by atoms with E-state index < -0.39 is 23.9 Å². The van der Waals surface area contributed by atoms with Crippen molar-refractivity contribution in [3.63, 3.8) is 0 Å². The Bertz CT molecular complexity index is 645. The second-order valence-corrected chi connectivity index (χ2v) is 5.72. The number of aliphatic hydroxyl groups is 1. The highest BCUT2D eigenvalue weighted by atomic mass is 32.1. The van der Waals surface area contributed by atoms with Crippen molar-refractivity contribution in [1.29, 1.82) is 0 Å². The number of alkyl halides is 3. The summed E-state index contributed by atoms with van der Waals surface area (Å²) in [4.78, 5) is 16.1. The number of carbonyl (C=O) groups is 1. The van der Waals surface area contributed by atoms with Crippen molar-refractivity contribution >= 4 is 17.2 Å². The molecule has 1 amide bonds. The molecule has 24 heavy (non-hydrogen) atoms. The van der Waals surface area contributed by atoms with Gasteiger partial charge < -0.3 is 15.2 Å². The van der Waals surface area contributed by atoms with Gasteiger partial charge in [0.1, 0.15) is 11.8 Å². The number of pyridine rings is 1. The molecule has 0 bridgehead atoms. The van der Waals surface area contributed by atoms with Gasteiger partial charge in [-0.25, -0.2) is 0 Å². The van der Waals surface area contributed by atoms with Crippen molar-refractivity contribution in [3.05, 3.63) is 52.0 Å². The molecule has 0 aliphatic rings. The molecule has 0 fully saturated rings. The Kier molecular flexibility index (Phi) is 6.29. The minimum atomic E-state index is -4.54. The van der Waals surface area contributed by atoms with Gasteiger partial charge in [0.15, 0.2) is 0 Å². The van der Waals surface area contributed by atoms with Crippen molar-refractivity contribution in [3.8, 4) is 0 Å². The number of ether oxygens (including phenoxy) is 1. The summed E-state index contributed by atoms with van der Waals surface area (Å²) >= 11 is 1.44. The summed E-state index contributed by atoms with van der Waals surface area (Å²) in [5.41, 5.74) is -1.03. The lowest BCUT2D eigenvalue weighted by molar-refractivity contribution is -0.141. The second-order valence-electron chi connectivity index (χ2n) is 4.74. The molecule has 130 valence electrons. The number of nitrogens with zero attached hydrogens (tertiary/aromatic N) is 1. The Morgan fingerprint density at radius 1 is 1.38 bits per heavy atom. The second kappa shape index (κ2) is 8.22. The number of nitrogens with one attached hydrogen (secondary N) is 1. The van der Waals surface area contributed by atoms with Crippen LogP contribution >= 0.6 is 11.3 Å². The highest BCUT2D eigenvalue weighted by molar-refractivity contribution is 7.10. The van der Waals surface area contributed by atoms with E-state index in [0.29, 0.717) is 0 Å². The molecule has 2 heterocycles. The lowest BCUT2D eigenvalue weighted by Crippen LogP contribution is -2.29. The normalized spacial score (nSPS) is 12.8. The number of aliphatic hydroxyl groups excluding tert-OH is 1. The minimum Gasteiger partial charge on any atom is -0.394 e. The van der Waals surface area contributed by atoms with Crippen LogP contribution in [0.3, 0.4) is 0 Å². The van der Waals surface area contributed by atoms with Crippen LogP contribution in [0.5, 0.6) is 0 Å². The van der Waals surface area contributed by atoms with Crippen LogP contribution in [-0.4, -0.2) is 35.8 Å². The average Bonchev–Trinajstić information content (AvgIpc) is 3.08. The zero-order valence-electron chi connectivity index (χ0n) is 12.4. The van der Waals surface area contributed by atoms with Gasteiger partial charge in [-0.3, -0.25) is 9.78 Å². The molecule has 0 aromatic carbocycles. The third kappa shape index (κ3) is 5.02.